The van der Waals surface area contributed by atoms with E-state index in [1.54, 1.807) is 6.92 Å². The molecule has 4 heteroatoms. The Hall–Kier alpha value is -1.32. The molecule has 1 N–H and O–H groups in total. The summed E-state index contributed by atoms with van der Waals surface area (Å²) in [5.41, 5.74) is 2.24. The molecule has 202 valence electrons. The average Bonchev–Trinajstić information content (AvgIpc) is 3.16. The number of hydrogen-bond acceptors (Lipinski definition) is 4. The first-order valence-electron chi connectivity index (χ1n) is 14.8. The number of ether oxygens (including phenoxy) is 1. The summed E-state index contributed by atoms with van der Waals surface area (Å²) in [7, 11) is 0. The molecule has 0 heterocycles. The predicted octanol–water partition coefficient (Wildman–Crippen LogP) is 8.04. The Morgan fingerprint density at radius 2 is 1.61 bits per heavy atom. The zero-order chi connectivity index (χ0) is 26.3. The van der Waals surface area contributed by atoms with Gasteiger partial charge in [-0.3, -0.25) is 4.79 Å². The maximum Gasteiger partial charge on any atom is 0.302 e. The quantitative estimate of drug-likeness (QED) is 0.141. The van der Waals surface area contributed by atoms with Crippen molar-refractivity contribution in [2.24, 2.45) is 61.8 Å². The summed E-state index contributed by atoms with van der Waals surface area (Å²) in [6.07, 6.45) is 13.9. The maximum absolute atomic E-state index is 11.9. The van der Waals surface area contributed by atoms with Gasteiger partial charge in [0.05, 0.1) is 6.21 Å². The topological polar surface area (TPSA) is 58.9 Å². The predicted molar refractivity (Wildman–Crippen MR) is 145 cm³/mol. The number of fused-ring (bicyclic) bond motifs is 7. The molecule has 5 rings (SSSR count). The molecule has 10 atom stereocenters. The van der Waals surface area contributed by atoms with Gasteiger partial charge in [-0.15, -0.1) is 5.16 Å². The summed E-state index contributed by atoms with van der Waals surface area (Å²) < 4.78 is 5.90. The Balaban J connectivity index is 1.52. The van der Waals surface area contributed by atoms with Crippen molar-refractivity contribution in [1.29, 1.82) is 0 Å². The van der Waals surface area contributed by atoms with Gasteiger partial charge in [-0.2, -0.15) is 0 Å². The minimum Gasteiger partial charge on any atom is -0.462 e. The van der Waals surface area contributed by atoms with E-state index in [9.17, 15) is 10.0 Å². The highest BCUT2D eigenvalue weighted by molar-refractivity contribution is 5.67. The normalized spacial score (nSPS) is 51.5. The molecule has 0 unspecified atom stereocenters. The fraction of sp³-hybridized carbons (Fsp3) is 0.875. The summed E-state index contributed by atoms with van der Waals surface area (Å²) in [5, 5.41) is 13.4. The van der Waals surface area contributed by atoms with Gasteiger partial charge in [-0.1, -0.05) is 46.8 Å². The van der Waals surface area contributed by atoms with E-state index in [1.807, 2.05) is 6.21 Å². The van der Waals surface area contributed by atoms with Crippen molar-refractivity contribution in [3.8, 4) is 0 Å². The van der Waals surface area contributed by atoms with Crippen LogP contribution in [-0.2, 0) is 9.53 Å². The molecule has 0 saturated heterocycles. The minimum atomic E-state index is -0.133. The number of rotatable bonds is 3. The lowest BCUT2D eigenvalue weighted by Gasteiger charge is -2.72. The molecule has 5 fully saturated rings. The van der Waals surface area contributed by atoms with Gasteiger partial charge in [0.15, 0.2) is 0 Å². The Morgan fingerprint density at radius 1 is 0.889 bits per heavy atom. The zero-order valence-electron chi connectivity index (χ0n) is 24.0. The highest BCUT2D eigenvalue weighted by Gasteiger charge is 2.71. The van der Waals surface area contributed by atoms with Gasteiger partial charge in [-0.05, 0) is 117 Å². The summed E-state index contributed by atoms with van der Waals surface area (Å²) in [6, 6.07) is 0. The molecule has 5 saturated carbocycles. The zero-order valence-corrected chi connectivity index (χ0v) is 24.0. The van der Waals surface area contributed by atoms with Gasteiger partial charge in [0, 0.05) is 17.8 Å². The standard InChI is InChI=1S/C32H51NO3/c1-20(2)22-11-16-32(19-33-35)18-17-30(7)23(27(22)32)9-10-25-29(6)14-13-26(36-21(3)34)28(4,5)24(29)12-15-31(25,30)8/h19,22-27,35H,1,9-18H2,2-8H3/b33-19+/t22-,23+,24-,25-,26-,27+,29-,30+,31+,32+/m0/s1. The van der Waals surface area contributed by atoms with Crippen molar-refractivity contribution in [2.75, 3.05) is 0 Å². The highest BCUT2D eigenvalue weighted by Crippen LogP contribution is 2.77. The Kier molecular flexibility index (Phi) is 6.09. The van der Waals surface area contributed by atoms with Crippen molar-refractivity contribution in [3.63, 3.8) is 0 Å². The number of nitrogens with zero attached hydrogens (tertiary/aromatic N) is 1. The second-order valence-corrected chi connectivity index (χ2v) is 15.1. The Morgan fingerprint density at radius 3 is 2.25 bits per heavy atom. The van der Waals surface area contributed by atoms with Crippen molar-refractivity contribution >= 4 is 12.2 Å². The van der Waals surface area contributed by atoms with Gasteiger partial charge in [-0.25, -0.2) is 0 Å². The molecule has 4 nitrogen and oxygen atoms in total. The first-order chi connectivity index (χ1) is 16.8. The fourth-order valence-corrected chi connectivity index (χ4v) is 11.9. The van der Waals surface area contributed by atoms with E-state index in [2.05, 4.69) is 53.3 Å². The molecule has 0 radical (unpaired) electrons. The highest BCUT2D eigenvalue weighted by atomic mass is 16.5. The van der Waals surface area contributed by atoms with Crippen LogP contribution in [0.4, 0.5) is 0 Å². The van der Waals surface area contributed by atoms with Gasteiger partial charge < -0.3 is 9.94 Å². The van der Waals surface area contributed by atoms with Crippen LogP contribution in [0.2, 0.25) is 0 Å². The molecule has 0 aromatic heterocycles. The van der Waals surface area contributed by atoms with Crippen LogP contribution in [0, 0.1) is 56.7 Å². The molecule has 0 amide bonds. The first-order valence-corrected chi connectivity index (χ1v) is 14.8. The average molecular weight is 498 g/mol. The van der Waals surface area contributed by atoms with Crippen LogP contribution in [0.1, 0.15) is 113 Å². The molecule has 0 aromatic rings. The lowest BCUT2D eigenvalue weighted by molar-refractivity contribution is -0.246. The van der Waals surface area contributed by atoms with E-state index in [-0.39, 0.29) is 33.7 Å². The summed E-state index contributed by atoms with van der Waals surface area (Å²) in [6.45, 7) is 20.9. The van der Waals surface area contributed by atoms with Crippen LogP contribution in [0.25, 0.3) is 0 Å². The van der Waals surface area contributed by atoms with Crippen molar-refractivity contribution in [2.45, 2.75) is 119 Å². The van der Waals surface area contributed by atoms with Gasteiger partial charge >= 0.3 is 5.97 Å². The molecule has 0 spiro atoms. The van der Waals surface area contributed by atoms with E-state index in [0.29, 0.717) is 35.0 Å². The lowest BCUT2D eigenvalue weighted by atomic mass is 9.32. The first kappa shape index (κ1) is 26.3. The number of oxime groups is 1. The molecule has 0 aromatic carbocycles. The van der Waals surface area contributed by atoms with Crippen molar-refractivity contribution in [1.82, 2.24) is 0 Å². The smallest absolute Gasteiger partial charge is 0.302 e. The van der Waals surface area contributed by atoms with Crippen LogP contribution in [0.15, 0.2) is 17.3 Å². The molecule has 5 aliphatic carbocycles. The number of esters is 1. The largest absolute Gasteiger partial charge is 0.462 e. The summed E-state index contributed by atoms with van der Waals surface area (Å²) in [5.74, 6) is 2.89. The van der Waals surface area contributed by atoms with Gasteiger partial charge in [0.2, 0.25) is 0 Å². The number of allylic oxidation sites excluding steroid dienone is 1. The second kappa shape index (κ2) is 8.34. The molecule has 36 heavy (non-hydrogen) atoms. The minimum absolute atomic E-state index is 0.00750. The number of carbonyl (C=O) groups excluding carboxylic acids is 1. The monoisotopic (exact) mass is 497 g/mol. The van der Waals surface area contributed by atoms with E-state index < -0.39 is 0 Å². The van der Waals surface area contributed by atoms with Crippen molar-refractivity contribution in [3.05, 3.63) is 12.2 Å². The summed E-state index contributed by atoms with van der Waals surface area (Å²) in [4.78, 5) is 11.9. The second-order valence-electron chi connectivity index (χ2n) is 15.1. The Labute approximate surface area is 219 Å². The molecule has 0 aliphatic heterocycles. The third kappa shape index (κ3) is 3.30. The lowest BCUT2D eigenvalue weighted by Crippen LogP contribution is -2.66. The number of carbonyl (C=O) groups is 1. The van der Waals surface area contributed by atoms with Crippen LogP contribution in [0.5, 0.6) is 0 Å². The van der Waals surface area contributed by atoms with E-state index >= 15 is 0 Å². The van der Waals surface area contributed by atoms with Gasteiger partial charge in [0.1, 0.15) is 6.10 Å². The van der Waals surface area contributed by atoms with E-state index in [0.717, 1.165) is 19.3 Å². The molecule has 5 aliphatic rings. The maximum atomic E-state index is 11.9. The SMILES string of the molecule is C=C(C)[C@@H]1CC[C@]2(/C=N/O)CC[C@]3(C)[C@H](CC[C@H]4[C@@]5(C)CC[C@H](OC(C)=O)C(C)(C)[C@@H]5CC[C@]43C)[C@@H]12. The summed E-state index contributed by atoms with van der Waals surface area (Å²) >= 11 is 0. The van der Waals surface area contributed by atoms with E-state index in [4.69, 9.17) is 4.74 Å². The van der Waals surface area contributed by atoms with Gasteiger partial charge in [0.25, 0.3) is 0 Å². The molecule has 0 bridgehead atoms. The van der Waals surface area contributed by atoms with Crippen LogP contribution >= 0.6 is 0 Å². The van der Waals surface area contributed by atoms with Crippen LogP contribution < -0.4 is 0 Å². The fourth-order valence-electron chi connectivity index (χ4n) is 11.9. The number of hydrogen-bond donors (Lipinski definition) is 1. The van der Waals surface area contributed by atoms with Crippen molar-refractivity contribution < 1.29 is 14.7 Å². The van der Waals surface area contributed by atoms with Crippen LogP contribution in [-0.4, -0.2) is 23.5 Å². The third-order valence-corrected chi connectivity index (χ3v) is 13.7. The molecular weight excluding hydrogens is 446 g/mol. The third-order valence-electron chi connectivity index (χ3n) is 13.7. The molecular formula is C32H51NO3. The van der Waals surface area contributed by atoms with E-state index in [1.165, 1.54) is 50.5 Å². The van der Waals surface area contributed by atoms with Crippen LogP contribution in [0.3, 0.4) is 0 Å². The Bertz CT molecular complexity index is 955.